The SMILES string of the molecule is O=C(Cn1nnc(-c2ccccc2)n1)N1CCO[C@@H]2CCCC[C@H]21. The van der Waals surface area contributed by atoms with Gasteiger partial charge in [-0.15, -0.1) is 10.2 Å². The third kappa shape index (κ3) is 3.03. The Morgan fingerprint density at radius 3 is 2.92 bits per heavy atom. The van der Waals surface area contributed by atoms with Crippen LogP contribution in [-0.2, 0) is 16.1 Å². The highest BCUT2D eigenvalue weighted by Crippen LogP contribution is 2.28. The van der Waals surface area contributed by atoms with Crippen molar-refractivity contribution >= 4 is 5.91 Å². The smallest absolute Gasteiger partial charge is 0.246 e. The van der Waals surface area contributed by atoms with E-state index in [2.05, 4.69) is 15.4 Å². The molecule has 0 N–H and O–H groups in total. The Morgan fingerprint density at radius 1 is 1.21 bits per heavy atom. The molecule has 1 aromatic heterocycles. The molecule has 1 aliphatic heterocycles. The third-order valence-corrected chi connectivity index (χ3v) is 4.81. The quantitative estimate of drug-likeness (QED) is 0.854. The summed E-state index contributed by atoms with van der Waals surface area (Å²) in [6.07, 6.45) is 4.62. The van der Waals surface area contributed by atoms with Crippen molar-refractivity contribution in [2.45, 2.75) is 44.4 Å². The summed E-state index contributed by atoms with van der Waals surface area (Å²) in [6, 6.07) is 9.86. The molecule has 0 unspecified atom stereocenters. The predicted molar refractivity (Wildman–Crippen MR) is 87.0 cm³/mol. The summed E-state index contributed by atoms with van der Waals surface area (Å²) in [6.45, 7) is 1.40. The van der Waals surface area contributed by atoms with Crippen molar-refractivity contribution in [1.82, 2.24) is 25.1 Å². The van der Waals surface area contributed by atoms with Gasteiger partial charge in [-0.25, -0.2) is 0 Å². The highest BCUT2D eigenvalue weighted by Gasteiger charge is 2.36. The Hall–Kier alpha value is -2.28. The molecule has 1 saturated carbocycles. The molecule has 2 aliphatic rings. The number of amides is 1. The van der Waals surface area contributed by atoms with Crippen LogP contribution in [0.2, 0.25) is 0 Å². The maximum Gasteiger partial charge on any atom is 0.246 e. The molecule has 7 nitrogen and oxygen atoms in total. The van der Waals surface area contributed by atoms with Gasteiger partial charge in [0.15, 0.2) is 0 Å². The third-order valence-electron chi connectivity index (χ3n) is 4.81. The van der Waals surface area contributed by atoms with Gasteiger partial charge in [0.2, 0.25) is 11.7 Å². The lowest BCUT2D eigenvalue weighted by Crippen LogP contribution is -2.55. The van der Waals surface area contributed by atoms with Gasteiger partial charge in [-0.05, 0) is 18.1 Å². The molecule has 2 atom stereocenters. The number of aromatic nitrogens is 4. The van der Waals surface area contributed by atoms with Gasteiger partial charge in [-0.2, -0.15) is 4.80 Å². The molecular weight excluding hydrogens is 306 g/mol. The van der Waals surface area contributed by atoms with Crippen LogP contribution >= 0.6 is 0 Å². The topological polar surface area (TPSA) is 73.1 Å². The molecule has 0 radical (unpaired) electrons. The first-order chi connectivity index (χ1) is 11.8. The van der Waals surface area contributed by atoms with E-state index in [4.69, 9.17) is 4.74 Å². The minimum absolute atomic E-state index is 0.0483. The van der Waals surface area contributed by atoms with E-state index in [0.717, 1.165) is 24.8 Å². The molecule has 7 heteroatoms. The van der Waals surface area contributed by atoms with Crippen molar-refractivity contribution in [2.24, 2.45) is 0 Å². The lowest BCUT2D eigenvalue weighted by atomic mass is 9.90. The second kappa shape index (κ2) is 6.68. The summed E-state index contributed by atoms with van der Waals surface area (Å²) in [5.74, 6) is 0.591. The molecule has 0 bridgehead atoms. The van der Waals surface area contributed by atoms with Crippen LogP contribution in [0.3, 0.4) is 0 Å². The van der Waals surface area contributed by atoms with Gasteiger partial charge in [0, 0.05) is 12.1 Å². The summed E-state index contributed by atoms with van der Waals surface area (Å²) in [5, 5.41) is 12.4. The van der Waals surface area contributed by atoms with Gasteiger partial charge in [-0.1, -0.05) is 43.2 Å². The van der Waals surface area contributed by atoms with Crippen molar-refractivity contribution in [3.8, 4) is 11.4 Å². The molecule has 0 spiro atoms. The van der Waals surface area contributed by atoms with Gasteiger partial charge >= 0.3 is 0 Å². The van der Waals surface area contributed by atoms with Crippen molar-refractivity contribution in [1.29, 1.82) is 0 Å². The normalized spacial score (nSPS) is 23.8. The molecule has 4 rings (SSSR count). The summed E-state index contributed by atoms with van der Waals surface area (Å²) in [4.78, 5) is 16.1. The second-order valence-electron chi connectivity index (χ2n) is 6.36. The first-order valence-electron chi connectivity index (χ1n) is 8.55. The van der Waals surface area contributed by atoms with E-state index >= 15 is 0 Å². The van der Waals surface area contributed by atoms with Crippen LogP contribution in [0.5, 0.6) is 0 Å². The molecule has 24 heavy (non-hydrogen) atoms. The second-order valence-corrected chi connectivity index (χ2v) is 6.36. The molecule has 1 amide bonds. The average Bonchev–Trinajstić information content (AvgIpc) is 3.10. The number of carbonyl (C=O) groups excluding carboxylic acids is 1. The first-order valence-corrected chi connectivity index (χ1v) is 8.55. The molecule has 2 aromatic rings. The standard InChI is InChI=1S/C17H21N5O2/c23-16(21-10-11-24-15-9-5-4-8-14(15)21)12-22-19-17(18-20-22)13-6-2-1-3-7-13/h1-3,6-7,14-15H,4-5,8-12H2/t14-,15-/m1/s1. The fraction of sp³-hybridized carbons (Fsp3) is 0.529. The lowest BCUT2D eigenvalue weighted by Gasteiger charge is -2.43. The van der Waals surface area contributed by atoms with Gasteiger partial charge in [0.25, 0.3) is 0 Å². The number of morpholine rings is 1. The van der Waals surface area contributed by atoms with Crippen LogP contribution in [0.25, 0.3) is 11.4 Å². The minimum atomic E-state index is 0.0483. The number of fused-ring (bicyclic) bond motifs is 1. The van der Waals surface area contributed by atoms with Crippen LogP contribution in [0.15, 0.2) is 30.3 Å². The maximum absolute atomic E-state index is 12.7. The molecule has 1 saturated heterocycles. The fourth-order valence-corrected chi connectivity index (χ4v) is 3.63. The zero-order valence-corrected chi connectivity index (χ0v) is 13.5. The van der Waals surface area contributed by atoms with Crippen LogP contribution in [-0.4, -0.2) is 56.3 Å². The average molecular weight is 327 g/mol. The molecule has 1 aliphatic carbocycles. The summed E-state index contributed by atoms with van der Waals surface area (Å²) >= 11 is 0. The van der Waals surface area contributed by atoms with Gasteiger partial charge < -0.3 is 9.64 Å². The van der Waals surface area contributed by atoms with Gasteiger partial charge in [-0.3, -0.25) is 4.79 Å². The highest BCUT2D eigenvalue weighted by atomic mass is 16.5. The van der Waals surface area contributed by atoms with Gasteiger partial charge in [0.05, 0.1) is 18.8 Å². The number of carbonyl (C=O) groups is 1. The number of tetrazole rings is 1. The number of ether oxygens (including phenoxy) is 1. The number of hydrogen-bond donors (Lipinski definition) is 0. The Morgan fingerprint density at radius 2 is 2.04 bits per heavy atom. The molecule has 126 valence electrons. The molecule has 2 heterocycles. The predicted octanol–water partition coefficient (Wildman–Crippen LogP) is 1.51. The van der Waals surface area contributed by atoms with E-state index in [9.17, 15) is 4.79 Å². The van der Waals surface area contributed by atoms with E-state index < -0.39 is 0 Å². The Bertz CT molecular complexity index is 700. The van der Waals surface area contributed by atoms with Crippen molar-refractivity contribution in [2.75, 3.05) is 13.2 Å². The minimum Gasteiger partial charge on any atom is -0.374 e. The number of benzene rings is 1. The monoisotopic (exact) mass is 327 g/mol. The largest absolute Gasteiger partial charge is 0.374 e. The number of hydrogen-bond acceptors (Lipinski definition) is 5. The highest BCUT2D eigenvalue weighted by molar-refractivity contribution is 5.76. The van der Waals surface area contributed by atoms with Crippen LogP contribution in [0, 0.1) is 0 Å². The zero-order chi connectivity index (χ0) is 16.4. The van der Waals surface area contributed by atoms with E-state index in [1.54, 1.807) is 0 Å². The van der Waals surface area contributed by atoms with Crippen LogP contribution in [0.4, 0.5) is 0 Å². The first kappa shape index (κ1) is 15.3. The number of nitrogens with zero attached hydrogens (tertiary/aromatic N) is 5. The van der Waals surface area contributed by atoms with E-state index in [-0.39, 0.29) is 24.6 Å². The molecular formula is C17H21N5O2. The van der Waals surface area contributed by atoms with Crippen molar-refractivity contribution < 1.29 is 9.53 Å². The summed E-state index contributed by atoms with van der Waals surface area (Å²) in [7, 11) is 0. The molecule has 1 aromatic carbocycles. The van der Waals surface area contributed by atoms with E-state index in [1.807, 2.05) is 35.2 Å². The van der Waals surface area contributed by atoms with Crippen molar-refractivity contribution in [3.63, 3.8) is 0 Å². The van der Waals surface area contributed by atoms with E-state index in [0.29, 0.717) is 19.0 Å². The molecule has 2 fully saturated rings. The lowest BCUT2D eigenvalue weighted by molar-refractivity contribution is -0.150. The number of rotatable bonds is 3. The van der Waals surface area contributed by atoms with Crippen molar-refractivity contribution in [3.05, 3.63) is 30.3 Å². The van der Waals surface area contributed by atoms with Crippen LogP contribution < -0.4 is 0 Å². The Labute approximate surface area is 140 Å². The Kier molecular flexibility index (Phi) is 4.25. The Balaban J connectivity index is 1.45. The summed E-state index contributed by atoms with van der Waals surface area (Å²) < 4.78 is 5.83. The van der Waals surface area contributed by atoms with Gasteiger partial charge in [0.1, 0.15) is 6.54 Å². The zero-order valence-electron chi connectivity index (χ0n) is 13.5. The van der Waals surface area contributed by atoms with E-state index in [1.165, 1.54) is 11.2 Å². The summed E-state index contributed by atoms with van der Waals surface area (Å²) in [5.41, 5.74) is 0.898. The van der Waals surface area contributed by atoms with Crippen LogP contribution in [0.1, 0.15) is 25.7 Å². The fourth-order valence-electron chi connectivity index (χ4n) is 3.63. The maximum atomic E-state index is 12.7.